The van der Waals surface area contributed by atoms with E-state index in [9.17, 15) is 9.59 Å². The van der Waals surface area contributed by atoms with Gasteiger partial charge in [-0.1, -0.05) is 30.3 Å². The van der Waals surface area contributed by atoms with Gasteiger partial charge in [0.05, 0.1) is 0 Å². The molecule has 0 saturated carbocycles. The first kappa shape index (κ1) is 14.4. The summed E-state index contributed by atoms with van der Waals surface area (Å²) in [4.78, 5) is 24.4. The van der Waals surface area contributed by atoms with Crippen LogP contribution in [0.2, 0.25) is 0 Å². The number of hydrogen-bond acceptors (Lipinski definition) is 4. The number of ether oxygens (including phenoxy) is 2. The first-order chi connectivity index (χ1) is 9.65. The van der Waals surface area contributed by atoms with E-state index in [4.69, 9.17) is 9.47 Å². The molecule has 0 aromatic heterocycles. The monoisotopic (exact) mass is 277 g/mol. The first-order valence-electron chi connectivity index (χ1n) is 6.78. The average molecular weight is 277 g/mol. The van der Waals surface area contributed by atoms with Crippen molar-refractivity contribution in [3.05, 3.63) is 35.9 Å². The highest BCUT2D eigenvalue weighted by Crippen LogP contribution is 2.15. The van der Waals surface area contributed by atoms with Crippen LogP contribution in [0.5, 0.6) is 0 Å². The number of benzene rings is 1. The Balaban J connectivity index is 1.73. The van der Waals surface area contributed by atoms with E-state index in [0.29, 0.717) is 25.9 Å². The number of esters is 1. The lowest BCUT2D eigenvalue weighted by atomic mass is 10.1. The Morgan fingerprint density at radius 1 is 1.20 bits per heavy atom. The van der Waals surface area contributed by atoms with Crippen LogP contribution in [-0.4, -0.2) is 36.2 Å². The maximum atomic E-state index is 11.9. The van der Waals surface area contributed by atoms with Gasteiger partial charge in [-0.2, -0.15) is 0 Å². The zero-order valence-corrected chi connectivity index (χ0v) is 11.6. The summed E-state index contributed by atoms with van der Waals surface area (Å²) >= 11 is 0. The maximum absolute atomic E-state index is 11.9. The molecule has 2 rings (SSSR count). The van der Waals surface area contributed by atoms with E-state index < -0.39 is 0 Å². The Kier molecular flexibility index (Phi) is 4.98. The molecule has 1 aliphatic rings. The number of amides is 1. The molecule has 1 saturated heterocycles. The number of rotatable bonds is 3. The zero-order chi connectivity index (χ0) is 14.4. The van der Waals surface area contributed by atoms with Gasteiger partial charge in [-0.05, 0) is 5.56 Å². The van der Waals surface area contributed by atoms with Crippen molar-refractivity contribution in [3.8, 4) is 0 Å². The number of nitrogens with zero attached hydrogens (tertiary/aromatic N) is 1. The smallest absolute Gasteiger partial charge is 0.410 e. The van der Waals surface area contributed by atoms with Gasteiger partial charge in [-0.3, -0.25) is 4.79 Å². The predicted octanol–water partition coefficient (Wildman–Crippen LogP) is 2.35. The van der Waals surface area contributed by atoms with Crippen LogP contribution in [0.1, 0.15) is 25.3 Å². The summed E-state index contributed by atoms with van der Waals surface area (Å²) in [5, 5.41) is 0. The Labute approximate surface area is 118 Å². The van der Waals surface area contributed by atoms with Gasteiger partial charge in [-0.15, -0.1) is 0 Å². The van der Waals surface area contributed by atoms with E-state index in [-0.39, 0.29) is 24.8 Å². The summed E-state index contributed by atoms with van der Waals surface area (Å²) in [7, 11) is 0. The van der Waals surface area contributed by atoms with Gasteiger partial charge in [-0.25, -0.2) is 4.79 Å². The molecule has 1 aromatic rings. The average Bonchev–Trinajstić information content (AvgIpc) is 2.46. The van der Waals surface area contributed by atoms with Gasteiger partial charge in [0.1, 0.15) is 12.7 Å². The van der Waals surface area contributed by atoms with E-state index in [1.165, 1.54) is 6.92 Å². The summed E-state index contributed by atoms with van der Waals surface area (Å²) in [6, 6.07) is 9.58. The third-order valence-corrected chi connectivity index (χ3v) is 3.24. The van der Waals surface area contributed by atoms with Crippen LogP contribution in [-0.2, 0) is 20.9 Å². The number of carbonyl (C=O) groups is 2. The highest BCUT2D eigenvalue weighted by atomic mass is 16.6. The minimum absolute atomic E-state index is 0.0781. The molecule has 108 valence electrons. The zero-order valence-electron chi connectivity index (χ0n) is 11.6. The quantitative estimate of drug-likeness (QED) is 0.796. The maximum Gasteiger partial charge on any atom is 0.410 e. The molecule has 1 aliphatic heterocycles. The molecule has 0 aliphatic carbocycles. The Morgan fingerprint density at radius 2 is 1.85 bits per heavy atom. The molecule has 5 heteroatoms. The molecule has 0 spiro atoms. The van der Waals surface area contributed by atoms with Gasteiger partial charge < -0.3 is 14.4 Å². The molecule has 0 bridgehead atoms. The van der Waals surface area contributed by atoms with Crippen molar-refractivity contribution in [1.29, 1.82) is 0 Å². The van der Waals surface area contributed by atoms with E-state index in [2.05, 4.69) is 0 Å². The summed E-state index contributed by atoms with van der Waals surface area (Å²) < 4.78 is 10.4. The van der Waals surface area contributed by atoms with Gasteiger partial charge in [0.25, 0.3) is 0 Å². The highest BCUT2D eigenvalue weighted by Gasteiger charge is 2.25. The van der Waals surface area contributed by atoms with Crippen LogP contribution in [0.25, 0.3) is 0 Å². The van der Waals surface area contributed by atoms with Gasteiger partial charge in [0.2, 0.25) is 0 Å². The van der Waals surface area contributed by atoms with E-state index >= 15 is 0 Å². The Bertz CT molecular complexity index is 452. The van der Waals surface area contributed by atoms with Crippen LogP contribution in [0.4, 0.5) is 4.79 Å². The Morgan fingerprint density at radius 3 is 2.45 bits per heavy atom. The molecule has 1 aromatic carbocycles. The predicted molar refractivity (Wildman–Crippen MR) is 73.0 cm³/mol. The van der Waals surface area contributed by atoms with Crippen LogP contribution in [0, 0.1) is 0 Å². The van der Waals surface area contributed by atoms with Crippen molar-refractivity contribution in [3.63, 3.8) is 0 Å². The van der Waals surface area contributed by atoms with Crippen LogP contribution in [0.3, 0.4) is 0 Å². The minimum atomic E-state index is -0.310. The largest absolute Gasteiger partial charge is 0.462 e. The lowest BCUT2D eigenvalue weighted by molar-refractivity contribution is -0.148. The second-order valence-corrected chi connectivity index (χ2v) is 4.84. The standard InChI is InChI=1S/C15H19NO4/c1-12(17)20-14-7-9-16(10-8-14)15(18)19-11-13-5-3-2-4-6-13/h2-6,14H,7-11H2,1H3. The number of likely N-dealkylation sites (tertiary alicyclic amines) is 1. The third kappa shape index (κ3) is 4.26. The first-order valence-corrected chi connectivity index (χ1v) is 6.78. The molecule has 0 atom stereocenters. The Hall–Kier alpha value is -2.04. The topological polar surface area (TPSA) is 55.8 Å². The molecule has 0 unspecified atom stereocenters. The normalized spacial score (nSPS) is 15.8. The lowest BCUT2D eigenvalue weighted by Gasteiger charge is -2.30. The third-order valence-electron chi connectivity index (χ3n) is 3.24. The van der Waals surface area contributed by atoms with Crippen molar-refractivity contribution in [2.45, 2.75) is 32.5 Å². The number of piperidine rings is 1. The molecule has 5 nitrogen and oxygen atoms in total. The summed E-state index contributed by atoms with van der Waals surface area (Å²) in [6.45, 7) is 2.81. The van der Waals surface area contributed by atoms with Crippen molar-refractivity contribution in [2.75, 3.05) is 13.1 Å². The van der Waals surface area contributed by atoms with Crippen LogP contribution in [0.15, 0.2) is 30.3 Å². The van der Waals surface area contributed by atoms with Crippen LogP contribution < -0.4 is 0 Å². The fourth-order valence-corrected chi connectivity index (χ4v) is 2.20. The van der Waals surface area contributed by atoms with E-state index in [1.54, 1.807) is 4.90 Å². The van der Waals surface area contributed by atoms with E-state index in [1.807, 2.05) is 30.3 Å². The molecule has 1 amide bonds. The van der Waals surface area contributed by atoms with Crippen LogP contribution >= 0.6 is 0 Å². The van der Waals surface area contributed by atoms with Gasteiger partial charge in [0.15, 0.2) is 0 Å². The second-order valence-electron chi connectivity index (χ2n) is 4.84. The molecular formula is C15H19NO4. The summed E-state index contributed by atoms with van der Waals surface area (Å²) in [6.07, 6.45) is 0.945. The van der Waals surface area contributed by atoms with Gasteiger partial charge >= 0.3 is 12.1 Å². The summed E-state index contributed by atoms with van der Waals surface area (Å²) in [5.74, 6) is -0.268. The molecule has 20 heavy (non-hydrogen) atoms. The molecular weight excluding hydrogens is 258 g/mol. The second kappa shape index (κ2) is 6.93. The van der Waals surface area contributed by atoms with Crippen molar-refractivity contribution in [1.82, 2.24) is 4.90 Å². The molecule has 0 N–H and O–H groups in total. The lowest BCUT2D eigenvalue weighted by Crippen LogP contribution is -2.41. The highest BCUT2D eigenvalue weighted by molar-refractivity contribution is 5.68. The molecule has 0 radical (unpaired) electrons. The fraction of sp³-hybridized carbons (Fsp3) is 0.467. The summed E-state index contributed by atoms with van der Waals surface area (Å²) in [5.41, 5.74) is 0.968. The van der Waals surface area contributed by atoms with Crippen molar-refractivity contribution >= 4 is 12.1 Å². The van der Waals surface area contributed by atoms with Crippen molar-refractivity contribution < 1.29 is 19.1 Å². The number of carbonyl (C=O) groups excluding carboxylic acids is 2. The SMILES string of the molecule is CC(=O)OC1CCN(C(=O)OCc2ccccc2)CC1. The number of hydrogen-bond donors (Lipinski definition) is 0. The molecule has 1 heterocycles. The van der Waals surface area contributed by atoms with Crippen molar-refractivity contribution in [2.24, 2.45) is 0 Å². The molecule has 1 fully saturated rings. The fourth-order valence-electron chi connectivity index (χ4n) is 2.20. The van der Waals surface area contributed by atoms with E-state index in [0.717, 1.165) is 5.56 Å². The minimum Gasteiger partial charge on any atom is -0.462 e. The van der Waals surface area contributed by atoms with Gasteiger partial charge in [0, 0.05) is 32.9 Å².